The van der Waals surface area contributed by atoms with Crippen molar-refractivity contribution in [1.82, 2.24) is 9.78 Å². The van der Waals surface area contributed by atoms with E-state index in [9.17, 15) is 14.3 Å². The first kappa shape index (κ1) is 12.3. The Morgan fingerprint density at radius 3 is 2.89 bits per heavy atom. The summed E-state index contributed by atoms with van der Waals surface area (Å²) >= 11 is 0. The van der Waals surface area contributed by atoms with E-state index in [-0.39, 0.29) is 11.4 Å². The second-order valence-electron chi connectivity index (χ2n) is 3.93. The number of carbonyl (C=O) groups excluding carboxylic acids is 1. The zero-order valence-corrected chi connectivity index (χ0v) is 9.89. The van der Waals surface area contributed by atoms with E-state index < -0.39 is 5.97 Å². The van der Waals surface area contributed by atoms with Gasteiger partial charge in [0.1, 0.15) is 5.82 Å². The Hall–Kier alpha value is -2.17. The van der Waals surface area contributed by atoms with Gasteiger partial charge in [-0.15, -0.1) is 0 Å². The maximum Gasteiger partial charge on any atom is 0.125 e. The van der Waals surface area contributed by atoms with Gasteiger partial charge >= 0.3 is 0 Å². The molecule has 0 fully saturated rings. The second-order valence-corrected chi connectivity index (χ2v) is 3.93. The van der Waals surface area contributed by atoms with Crippen LogP contribution in [0.4, 0.5) is 4.39 Å². The first-order valence-corrected chi connectivity index (χ1v) is 5.67. The van der Waals surface area contributed by atoms with Gasteiger partial charge in [0.05, 0.1) is 23.5 Å². The number of carbonyl (C=O) groups is 1. The van der Waals surface area contributed by atoms with Crippen LogP contribution < -0.4 is 5.11 Å². The van der Waals surface area contributed by atoms with Crippen molar-refractivity contribution in [3.63, 3.8) is 0 Å². The van der Waals surface area contributed by atoms with Crippen LogP contribution in [-0.2, 0) is 6.42 Å². The number of nitrogens with zero attached hydrogens (tertiary/aromatic N) is 2. The largest absolute Gasteiger partial charge is 0.545 e. The molecular formula is C13H12FN2O2-. The van der Waals surface area contributed by atoms with Gasteiger partial charge in [-0.3, -0.25) is 0 Å². The van der Waals surface area contributed by atoms with Gasteiger partial charge in [0.15, 0.2) is 0 Å². The minimum absolute atomic E-state index is 0.0566. The van der Waals surface area contributed by atoms with Gasteiger partial charge in [0.25, 0.3) is 0 Å². The summed E-state index contributed by atoms with van der Waals surface area (Å²) in [7, 11) is 0. The Balaban J connectivity index is 2.54. The van der Waals surface area contributed by atoms with Crippen LogP contribution in [0.25, 0.3) is 5.69 Å². The van der Waals surface area contributed by atoms with Crippen molar-refractivity contribution in [3.8, 4) is 5.69 Å². The maximum absolute atomic E-state index is 13.2. The van der Waals surface area contributed by atoms with Gasteiger partial charge in [0.2, 0.25) is 0 Å². The highest BCUT2D eigenvalue weighted by molar-refractivity contribution is 5.87. The summed E-state index contributed by atoms with van der Waals surface area (Å²) in [5.74, 6) is -1.65. The minimum atomic E-state index is -1.26. The lowest BCUT2D eigenvalue weighted by Crippen LogP contribution is -2.23. The van der Waals surface area contributed by atoms with Crippen LogP contribution in [0.2, 0.25) is 0 Å². The molecule has 0 saturated carbocycles. The smallest absolute Gasteiger partial charge is 0.125 e. The third kappa shape index (κ3) is 2.25. The molecule has 94 valence electrons. The van der Waals surface area contributed by atoms with Gasteiger partial charge in [-0.1, -0.05) is 19.4 Å². The summed E-state index contributed by atoms with van der Waals surface area (Å²) in [4.78, 5) is 11.0. The van der Waals surface area contributed by atoms with Crippen molar-refractivity contribution in [2.45, 2.75) is 19.8 Å². The number of benzene rings is 1. The van der Waals surface area contributed by atoms with Crippen molar-refractivity contribution in [3.05, 3.63) is 47.5 Å². The average molecular weight is 247 g/mol. The Labute approximate surface area is 104 Å². The lowest BCUT2D eigenvalue weighted by Gasteiger charge is -2.09. The Morgan fingerprint density at radius 2 is 2.28 bits per heavy atom. The highest BCUT2D eigenvalue weighted by atomic mass is 19.1. The Bertz CT molecular complexity index is 578. The summed E-state index contributed by atoms with van der Waals surface area (Å²) in [6, 6.07) is 5.87. The fraction of sp³-hybridized carbons (Fsp3) is 0.231. The molecule has 0 saturated heterocycles. The standard InChI is InChI=1S/C13H13FN2O2/c1-2-4-12-11(13(17)18)8-15-16(12)10-6-3-5-9(14)7-10/h3,5-8H,2,4H2,1H3,(H,17,18)/p-1. The summed E-state index contributed by atoms with van der Waals surface area (Å²) in [5, 5.41) is 15.0. The molecule has 1 heterocycles. The molecule has 18 heavy (non-hydrogen) atoms. The van der Waals surface area contributed by atoms with E-state index in [0.29, 0.717) is 17.8 Å². The lowest BCUT2D eigenvalue weighted by atomic mass is 10.1. The quantitative estimate of drug-likeness (QED) is 0.818. The van der Waals surface area contributed by atoms with Crippen molar-refractivity contribution in [2.24, 2.45) is 0 Å². The normalized spacial score (nSPS) is 10.6. The van der Waals surface area contributed by atoms with Crippen molar-refractivity contribution < 1.29 is 14.3 Å². The van der Waals surface area contributed by atoms with Crippen LogP contribution in [0.5, 0.6) is 0 Å². The molecule has 4 nitrogen and oxygen atoms in total. The number of carboxylic acid groups (broad SMARTS) is 1. The molecule has 2 aromatic rings. The highest BCUT2D eigenvalue weighted by Gasteiger charge is 2.12. The van der Waals surface area contributed by atoms with E-state index in [1.54, 1.807) is 12.1 Å². The van der Waals surface area contributed by atoms with Crippen LogP contribution in [0.3, 0.4) is 0 Å². The number of halogens is 1. The average Bonchev–Trinajstić information content (AvgIpc) is 2.73. The first-order chi connectivity index (χ1) is 8.63. The monoisotopic (exact) mass is 247 g/mol. The third-order valence-corrected chi connectivity index (χ3v) is 2.63. The molecule has 0 atom stereocenters. The molecule has 0 aliphatic rings. The van der Waals surface area contributed by atoms with E-state index in [1.807, 2.05) is 6.92 Å². The molecular weight excluding hydrogens is 235 g/mol. The number of rotatable bonds is 4. The van der Waals surface area contributed by atoms with Crippen LogP contribution in [0, 0.1) is 5.82 Å². The first-order valence-electron chi connectivity index (χ1n) is 5.67. The minimum Gasteiger partial charge on any atom is -0.545 e. The van der Waals surface area contributed by atoms with E-state index in [4.69, 9.17) is 0 Å². The highest BCUT2D eigenvalue weighted by Crippen LogP contribution is 2.17. The predicted octanol–water partition coefficient (Wildman–Crippen LogP) is 1.33. The van der Waals surface area contributed by atoms with E-state index >= 15 is 0 Å². The second kappa shape index (κ2) is 5.00. The van der Waals surface area contributed by atoms with Gasteiger partial charge in [0, 0.05) is 5.56 Å². The number of aromatic nitrogens is 2. The van der Waals surface area contributed by atoms with Gasteiger partial charge in [-0.2, -0.15) is 5.10 Å². The Morgan fingerprint density at radius 1 is 1.50 bits per heavy atom. The Kier molecular flexibility index (Phi) is 3.41. The predicted molar refractivity (Wildman–Crippen MR) is 61.8 cm³/mol. The summed E-state index contributed by atoms with van der Waals surface area (Å²) in [6.07, 6.45) is 2.55. The molecule has 1 aromatic heterocycles. The molecule has 0 aliphatic heterocycles. The van der Waals surface area contributed by atoms with E-state index in [1.165, 1.54) is 23.0 Å². The summed E-state index contributed by atoms with van der Waals surface area (Å²) < 4.78 is 14.6. The van der Waals surface area contributed by atoms with Crippen molar-refractivity contribution in [2.75, 3.05) is 0 Å². The van der Waals surface area contributed by atoms with Crippen LogP contribution in [0.15, 0.2) is 30.5 Å². The number of carboxylic acids is 1. The molecule has 1 aromatic carbocycles. The molecule has 0 unspecified atom stereocenters. The lowest BCUT2D eigenvalue weighted by molar-refractivity contribution is -0.255. The number of hydrogen-bond acceptors (Lipinski definition) is 3. The zero-order chi connectivity index (χ0) is 13.1. The van der Waals surface area contributed by atoms with Gasteiger partial charge in [-0.05, 0) is 24.6 Å². The van der Waals surface area contributed by atoms with Crippen LogP contribution in [0.1, 0.15) is 29.4 Å². The zero-order valence-electron chi connectivity index (χ0n) is 9.89. The van der Waals surface area contributed by atoms with Crippen LogP contribution >= 0.6 is 0 Å². The molecule has 0 aliphatic carbocycles. The molecule has 0 radical (unpaired) electrons. The fourth-order valence-electron chi connectivity index (χ4n) is 1.85. The topological polar surface area (TPSA) is 57.9 Å². The van der Waals surface area contributed by atoms with Crippen molar-refractivity contribution >= 4 is 5.97 Å². The van der Waals surface area contributed by atoms with Crippen molar-refractivity contribution in [1.29, 1.82) is 0 Å². The summed E-state index contributed by atoms with van der Waals surface area (Å²) in [6.45, 7) is 1.93. The summed E-state index contributed by atoms with van der Waals surface area (Å²) in [5.41, 5.74) is 1.09. The van der Waals surface area contributed by atoms with E-state index in [0.717, 1.165) is 6.42 Å². The SMILES string of the molecule is CCCc1c(C(=O)[O-])cnn1-c1cccc(F)c1. The molecule has 0 amide bonds. The van der Waals surface area contributed by atoms with Gasteiger partial charge in [-0.25, -0.2) is 9.07 Å². The number of aromatic carboxylic acids is 1. The van der Waals surface area contributed by atoms with Crippen LogP contribution in [-0.4, -0.2) is 15.7 Å². The van der Waals surface area contributed by atoms with E-state index in [2.05, 4.69) is 5.10 Å². The molecule has 0 N–H and O–H groups in total. The molecule has 0 bridgehead atoms. The maximum atomic E-state index is 13.2. The molecule has 2 rings (SSSR count). The number of hydrogen-bond donors (Lipinski definition) is 0. The fourth-order valence-corrected chi connectivity index (χ4v) is 1.85. The third-order valence-electron chi connectivity index (χ3n) is 2.63. The van der Waals surface area contributed by atoms with Gasteiger partial charge < -0.3 is 9.90 Å². The molecule has 0 spiro atoms. The molecule has 5 heteroatoms.